The molecule has 7 nitrogen and oxygen atoms in total. The SMILES string of the molecule is CC1=C[C@@]23CN(CC(N)=O)C(=O)[C@@H]2[C@H](C(=O)NCC(C)C)[C@@]1(C)O3. The lowest BCUT2D eigenvalue weighted by Gasteiger charge is -2.32. The molecule has 0 aromatic carbocycles. The molecule has 3 rings (SSSR count). The van der Waals surface area contributed by atoms with Crippen LogP contribution >= 0.6 is 0 Å². The van der Waals surface area contributed by atoms with Crippen LogP contribution in [0.1, 0.15) is 27.7 Å². The number of fused-ring (bicyclic) bond motifs is 1. The molecule has 4 atom stereocenters. The molecule has 3 amide bonds. The maximum absolute atomic E-state index is 12.8. The molecule has 0 aromatic rings. The molecule has 2 saturated heterocycles. The molecule has 0 radical (unpaired) electrons. The van der Waals surface area contributed by atoms with E-state index in [9.17, 15) is 14.4 Å². The standard InChI is InChI=1S/C17H25N3O4/c1-9(2)6-19-14(22)12-13-15(23)20(7-11(18)21)8-17(13)5-10(3)16(12,4)24-17/h5,9,12-13H,6-8H2,1-4H3,(H2,18,21)(H,19,22)/t12-,13+,16+,17-/m1/s1. The van der Waals surface area contributed by atoms with Crippen molar-refractivity contribution < 1.29 is 19.1 Å². The summed E-state index contributed by atoms with van der Waals surface area (Å²) in [5, 5.41) is 2.93. The van der Waals surface area contributed by atoms with Crippen molar-refractivity contribution in [2.75, 3.05) is 19.6 Å². The van der Waals surface area contributed by atoms with E-state index in [4.69, 9.17) is 10.5 Å². The van der Waals surface area contributed by atoms with E-state index >= 15 is 0 Å². The van der Waals surface area contributed by atoms with Crippen LogP contribution in [0.3, 0.4) is 0 Å². The largest absolute Gasteiger partial charge is 0.368 e. The lowest BCUT2D eigenvalue weighted by Crippen LogP contribution is -2.50. The highest BCUT2D eigenvalue weighted by Crippen LogP contribution is 2.59. The smallest absolute Gasteiger partial charge is 0.237 e. The highest BCUT2D eigenvalue weighted by molar-refractivity contribution is 5.95. The summed E-state index contributed by atoms with van der Waals surface area (Å²) in [6, 6.07) is 0. The number of hydrogen-bond donors (Lipinski definition) is 2. The van der Waals surface area contributed by atoms with E-state index in [0.29, 0.717) is 12.5 Å². The number of hydrogen-bond acceptors (Lipinski definition) is 4. The zero-order valence-corrected chi connectivity index (χ0v) is 14.6. The molecule has 1 spiro atoms. The van der Waals surface area contributed by atoms with Gasteiger partial charge in [-0.1, -0.05) is 13.8 Å². The van der Waals surface area contributed by atoms with Gasteiger partial charge in [0.15, 0.2) is 0 Å². The van der Waals surface area contributed by atoms with E-state index in [1.165, 1.54) is 4.90 Å². The number of likely N-dealkylation sites (tertiary alicyclic amines) is 1. The van der Waals surface area contributed by atoms with E-state index in [1.807, 2.05) is 33.8 Å². The summed E-state index contributed by atoms with van der Waals surface area (Å²) in [6.07, 6.45) is 1.95. The first kappa shape index (κ1) is 17.0. The molecule has 0 saturated carbocycles. The Morgan fingerprint density at radius 2 is 2.17 bits per heavy atom. The molecule has 3 heterocycles. The first-order valence-corrected chi connectivity index (χ1v) is 8.35. The Hall–Kier alpha value is -1.89. The minimum Gasteiger partial charge on any atom is -0.368 e. The van der Waals surface area contributed by atoms with Gasteiger partial charge in [-0.3, -0.25) is 14.4 Å². The van der Waals surface area contributed by atoms with Crippen molar-refractivity contribution in [1.82, 2.24) is 10.2 Å². The Morgan fingerprint density at radius 1 is 1.50 bits per heavy atom. The number of ether oxygens (including phenoxy) is 1. The van der Waals surface area contributed by atoms with Crippen LogP contribution in [0.25, 0.3) is 0 Å². The van der Waals surface area contributed by atoms with Crippen LogP contribution in [0.4, 0.5) is 0 Å². The van der Waals surface area contributed by atoms with Crippen molar-refractivity contribution in [2.24, 2.45) is 23.5 Å². The molecule has 3 N–H and O–H groups in total. The first-order chi connectivity index (χ1) is 11.1. The maximum Gasteiger partial charge on any atom is 0.237 e. The van der Waals surface area contributed by atoms with Gasteiger partial charge in [0, 0.05) is 6.54 Å². The molecule has 0 unspecified atom stereocenters. The summed E-state index contributed by atoms with van der Waals surface area (Å²) in [6.45, 7) is 8.49. The summed E-state index contributed by atoms with van der Waals surface area (Å²) in [5.41, 5.74) is 4.59. The Kier molecular flexibility index (Phi) is 3.75. The van der Waals surface area contributed by atoms with E-state index in [0.717, 1.165) is 5.57 Å². The zero-order valence-electron chi connectivity index (χ0n) is 14.6. The summed E-state index contributed by atoms with van der Waals surface area (Å²) in [7, 11) is 0. The summed E-state index contributed by atoms with van der Waals surface area (Å²) in [4.78, 5) is 38.3. The van der Waals surface area contributed by atoms with Gasteiger partial charge in [-0.05, 0) is 31.4 Å². The second kappa shape index (κ2) is 5.31. The van der Waals surface area contributed by atoms with Crippen LogP contribution in [0.5, 0.6) is 0 Å². The molecule has 2 fully saturated rings. The van der Waals surface area contributed by atoms with Crippen LogP contribution in [-0.2, 0) is 19.1 Å². The third-order valence-corrected chi connectivity index (χ3v) is 5.43. The monoisotopic (exact) mass is 335 g/mol. The van der Waals surface area contributed by atoms with Gasteiger partial charge in [-0.2, -0.15) is 0 Å². The van der Waals surface area contributed by atoms with Gasteiger partial charge in [0.05, 0.1) is 30.5 Å². The fraction of sp³-hybridized carbons (Fsp3) is 0.706. The van der Waals surface area contributed by atoms with Crippen LogP contribution in [0, 0.1) is 17.8 Å². The summed E-state index contributed by atoms with van der Waals surface area (Å²) < 4.78 is 6.24. The molecule has 7 heteroatoms. The fourth-order valence-corrected chi connectivity index (χ4v) is 4.32. The molecular weight excluding hydrogens is 310 g/mol. The topological polar surface area (TPSA) is 102 Å². The summed E-state index contributed by atoms with van der Waals surface area (Å²) >= 11 is 0. The molecule has 0 aromatic heterocycles. The van der Waals surface area contributed by atoms with Crippen LogP contribution in [-0.4, -0.2) is 53.5 Å². The van der Waals surface area contributed by atoms with E-state index in [-0.39, 0.29) is 24.9 Å². The molecule has 132 valence electrons. The van der Waals surface area contributed by atoms with Gasteiger partial charge >= 0.3 is 0 Å². The van der Waals surface area contributed by atoms with Gasteiger partial charge < -0.3 is 20.7 Å². The number of amides is 3. The Labute approximate surface area is 141 Å². The number of rotatable bonds is 5. The average molecular weight is 335 g/mol. The number of nitrogens with one attached hydrogen (secondary N) is 1. The number of primary amides is 1. The summed E-state index contributed by atoms with van der Waals surface area (Å²) in [5.74, 6) is -1.84. The minimum absolute atomic E-state index is 0.148. The van der Waals surface area contributed by atoms with Gasteiger partial charge in [0.2, 0.25) is 17.7 Å². The third kappa shape index (κ3) is 2.25. The van der Waals surface area contributed by atoms with Crippen LogP contribution in [0.15, 0.2) is 11.6 Å². The van der Waals surface area contributed by atoms with Gasteiger partial charge in [-0.25, -0.2) is 0 Å². The normalized spacial score (nSPS) is 37.0. The van der Waals surface area contributed by atoms with Gasteiger partial charge in [0.1, 0.15) is 5.60 Å². The Morgan fingerprint density at radius 3 is 2.75 bits per heavy atom. The third-order valence-electron chi connectivity index (χ3n) is 5.43. The molecule has 2 bridgehead atoms. The van der Waals surface area contributed by atoms with Crippen molar-refractivity contribution in [2.45, 2.75) is 38.9 Å². The number of nitrogens with two attached hydrogens (primary N) is 1. The predicted octanol–water partition coefficient (Wildman–Crippen LogP) is -0.194. The second-order valence-electron chi connectivity index (χ2n) is 7.75. The number of carbonyl (C=O) groups is 3. The van der Waals surface area contributed by atoms with Crippen LogP contribution < -0.4 is 11.1 Å². The van der Waals surface area contributed by atoms with Crippen molar-refractivity contribution in [3.63, 3.8) is 0 Å². The zero-order chi connectivity index (χ0) is 17.9. The van der Waals surface area contributed by atoms with Crippen molar-refractivity contribution >= 4 is 17.7 Å². The van der Waals surface area contributed by atoms with Gasteiger partial charge in [0.25, 0.3) is 0 Å². The number of carbonyl (C=O) groups excluding carboxylic acids is 3. The van der Waals surface area contributed by atoms with Crippen LogP contribution in [0.2, 0.25) is 0 Å². The molecule has 3 aliphatic rings. The molecule has 0 aliphatic carbocycles. The van der Waals surface area contributed by atoms with Crippen molar-refractivity contribution in [1.29, 1.82) is 0 Å². The molecule has 24 heavy (non-hydrogen) atoms. The maximum atomic E-state index is 12.8. The van der Waals surface area contributed by atoms with E-state index in [2.05, 4.69) is 5.32 Å². The highest BCUT2D eigenvalue weighted by atomic mass is 16.5. The van der Waals surface area contributed by atoms with E-state index in [1.54, 1.807) is 0 Å². The average Bonchev–Trinajstić information content (AvgIpc) is 2.96. The highest BCUT2D eigenvalue weighted by Gasteiger charge is 2.72. The minimum atomic E-state index is -0.828. The molecule has 3 aliphatic heterocycles. The Bertz CT molecular complexity index is 644. The lowest BCUT2D eigenvalue weighted by atomic mass is 9.68. The number of nitrogens with zero attached hydrogens (tertiary/aromatic N) is 1. The lowest BCUT2D eigenvalue weighted by molar-refractivity contribution is -0.140. The Balaban J connectivity index is 1.92. The van der Waals surface area contributed by atoms with E-state index < -0.39 is 28.9 Å². The molecular formula is C17H25N3O4. The van der Waals surface area contributed by atoms with Crippen molar-refractivity contribution in [3.8, 4) is 0 Å². The predicted molar refractivity (Wildman–Crippen MR) is 86.6 cm³/mol. The van der Waals surface area contributed by atoms with Gasteiger partial charge in [-0.15, -0.1) is 0 Å². The fourth-order valence-electron chi connectivity index (χ4n) is 4.32. The van der Waals surface area contributed by atoms with Crippen molar-refractivity contribution in [3.05, 3.63) is 11.6 Å². The quantitative estimate of drug-likeness (QED) is 0.680. The first-order valence-electron chi connectivity index (χ1n) is 8.35. The second-order valence-corrected chi connectivity index (χ2v) is 7.75.